The van der Waals surface area contributed by atoms with Crippen molar-refractivity contribution in [2.24, 2.45) is 0 Å². The molecule has 0 aliphatic rings. The molecule has 0 unspecified atom stereocenters. The number of ether oxygens (including phenoxy) is 1. The number of nitrogens with one attached hydrogen (secondary N) is 2. The van der Waals surface area contributed by atoms with Crippen LogP contribution in [-0.4, -0.2) is 17.6 Å². The number of rotatable bonds is 4. The van der Waals surface area contributed by atoms with E-state index in [4.69, 9.17) is 4.74 Å². The largest absolute Gasteiger partial charge is 0.494 e. The van der Waals surface area contributed by atoms with Crippen molar-refractivity contribution in [2.75, 3.05) is 17.2 Å². The lowest BCUT2D eigenvalue weighted by molar-refractivity contribution is 0.262. The van der Waals surface area contributed by atoms with Crippen molar-refractivity contribution < 1.29 is 9.53 Å². The van der Waals surface area contributed by atoms with Crippen LogP contribution in [0.15, 0.2) is 42.6 Å². The highest BCUT2D eigenvalue weighted by Gasteiger charge is 2.03. The van der Waals surface area contributed by atoms with Crippen LogP contribution in [0.5, 0.6) is 5.75 Å². The average molecular weight is 271 g/mol. The number of aromatic nitrogens is 1. The molecule has 1 aromatic carbocycles. The Bertz CT molecular complexity index is 565. The average Bonchev–Trinajstić information content (AvgIpc) is 2.44. The molecule has 0 aliphatic heterocycles. The topological polar surface area (TPSA) is 63.2 Å². The third-order valence-corrected chi connectivity index (χ3v) is 2.59. The van der Waals surface area contributed by atoms with Gasteiger partial charge in [-0.2, -0.15) is 0 Å². The minimum absolute atomic E-state index is 0.306. The minimum atomic E-state index is -0.306. The van der Waals surface area contributed by atoms with Gasteiger partial charge in [0.25, 0.3) is 0 Å². The van der Waals surface area contributed by atoms with Crippen molar-refractivity contribution in [2.45, 2.75) is 13.8 Å². The fraction of sp³-hybridized carbons (Fsp3) is 0.200. The zero-order chi connectivity index (χ0) is 14.4. The van der Waals surface area contributed by atoms with Gasteiger partial charge in [-0.3, -0.25) is 4.98 Å². The normalized spacial score (nSPS) is 9.90. The molecule has 0 saturated carbocycles. The van der Waals surface area contributed by atoms with Crippen LogP contribution < -0.4 is 15.4 Å². The van der Waals surface area contributed by atoms with Gasteiger partial charge in [0.2, 0.25) is 0 Å². The lowest BCUT2D eigenvalue weighted by Gasteiger charge is -2.08. The van der Waals surface area contributed by atoms with Crippen molar-refractivity contribution in [1.29, 1.82) is 0 Å². The van der Waals surface area contributed by atoms with Gasteiger partial charge in [-0.15, -0.1) is 0 Å². The highest BCUT2D eigenvalue weighted by molar-refractivity contribution is 5.99. The lowest BCUT2D eigenvalue weighted by atomic mass is 10.3. The van der Waals surface area contributed by atoms with E-state index in [9.17, 15) is 4.79 Å². The Morgan fingerprint density at radius 1 is 1.10 bits per heavy atom. The fourth-order valence-corrected chi connectivity index (χ4v) is 1.64. The molecule has 0 saturated heterocycles. The molecule has 0 spiro atoms. The van der Waals surface area contributed by atoms with E-state index in [0.29, 0.717) is 18.0 Å². The molecule has 1 heterocycles. The number of hydrogen-bond donors (Lipinski definition) is 2. The van der Waals surface area contributed by atoms with Crippen LogP contribution in [0.1, 0.15) is 12.6 Å². The van der Waals surface area contributed by atoms with Gasteiger partial charge < -0.3 is 15.4 Å². The summed E-state index contributed by atoms with van der Waals surface area (Å²) in [4.78, 5) is 15.9. The molecular weight excluding hydrogens is 254 g/mol. The number of aryl methyl sites for hydroxylation is 1. The number of hydrogen-bond acceptors (Lipinski definition) is 3. The highest BCUT2D eigenvalue weighted by Crippen LogP contribution is 2.16. The Morgan fingerprint density at radius 3 is 2.35 bits per heavy atom. The van der Waals surface area contributed by atoms with Gasteiger partial charge in [-0.05, 0) is 50.2 Å². The Labute approximate surface area is 118 Å². The van der Waals surface area contributed by atoms with E-state index in [1.165, 1.54) is 0 Å². The van der Waals surface area contributed by atoms with Crippen LogP contribution in [0, 0.1) is 6.92 Å². The van der Waals surface area contributed by atoms with Crippen molar-refractivity contribution in [3.8, 4) is 5.75 Å². The lowest BCUT2D eigenvalue weighted by Crippen LogP contribution is -2.19. The molecule has 5 nitrogen and oxygen atoms in total. The van der Waals surface area contributed by atoms with Gasteiger partial charge in [-0.25, -0.2) is 4.79 Å². The van der Waals surface area contributed by atoms with E-state index in [2.05, 4.69) is 15.6 Å². The van der Waals surface area contributed by atoms with Crippen LogP contribution in [0.25, 0.3) is 0 Å². The fourth-order valence-electron chi connectivity index (χ4n) is 1.64. The molecule has 0 bridgehead atoms. The second-order valence-corrected chi connectivity index (χ2v) is 4.22. The molecule has 0 fully saturated rings. The number of amides is 2. The first kappa shape index (κ1) is 13.9. The Morgan fingerprint density at radius 2 is 1.75 bits per heavy atom. The Hall–Kier alpha value is -2.56. The maximum absolute atomic E-state index is 11.8. The minimum Gasteiger partial charge on any atom is -0.494 e. The summed E-state index contributed by atoms with van der Waals surface area (Å²) in [5.74, 6) is 0.779. The third kappa shape index (κ3) is 3.98. The summed E-state index contributed by atoms with van der Waals surface area (Å²) < 4.78 is 5.34. The zero-order valence-electron chi connectivity index (χ0n) is 11.5. The summed E-state index contributed by atoms with van der Waals surface area (Å²) in [6, 6.07) is 10.5. The van der Waals surface area contributed by atoms with Crippen LogP contribution in [0.2, 0.25) is 0 Å². The van der Waals surface area contributed by atoms with E-state index in [-0.39, 0.29) is 6.03 Å². The molecule has 1 aromatic heterocycles. The van der Waals surface area contributed by atoms with E-state index in [1.54, 1.807) is 24.4 Å². The summed E-state index contributed by atoms with van der Waals surface area (Å²) in [5, 5.41) is 5.45. The monoisotopic (exact) mass is 271 g/mol. The van der Waals surface area contributed by atoms with Gasteiger partial charge in [0, 0.05) is 11.4 Å². The summed E-state index contributed by atoms with van der Waals surface area (Å²) in [6.45, 7) is 4.44. The van der Waals surface area contributed by atoms with Gasteiger partial charge in [0.05, 0.1) is 18.5 Å². The van der Waals surface area contributed by atoms with E-state index in [0.717, 1.165) is 11.4 Å². The smallest absolute Gasteiger partial charge is 0.323 e. The summed E-state index contributed by atoms with van der Waals surface area (Å²) in [7, 11) is 0. The van der Waals surface area contributed by atoms with E-state index >= 15 is 0 Å². The molecule has 0 atom stereocenters. The highest BCUT2D eigenvalue weighted by atomic mass is 16.5. The first-order valence-electron chi connectivity index (χ1n) is 6.41. The molecule has 5 heteroatoms. The molecule has 2 aromatic rings. The van der Waals surface area contributed by atoms with E-state index < -0.39 is 0 Å². The van der Waals surface area contributed by atoms with Crippen molar-refractivity contribution >= 4 is 17.4 Å². The van der Waals surface area contributed by atoms with Crippen LogP contribution >= 0.6 is 0 Å². The predicted molar refractivity (Wildman–Crippen MR) is 79.2 cm³/mol. The van der Waals surface area contributed by atoms with Crippen LogP contribution in [-0.2, 0) is 0 Å². The number of urea groups is 1. The molecule has 104 valence electrons. The number of nitrogens with zero attached hydrogens (tertiary/aromatic N) is 1. The molecule has 0 aliphatic carbocycles. The number of benzene rings is 1. The maximum Gasteiger partial charge on any atom is 0.323 e. The molecule has 2 amide bonds. The summed E-state index contributed by atoms with van der Waals surface area (Å²) >= 11 is 0. The quantitative estimate of drug-likeness (QED) is 0.895. The summed E-state index contributed by atoms with van der Waals surface area (Å²) in [6.07, 6.45) is 1.62. The predicted octanol–water partition coefficient (Wildman–Crippen LogP) is 3.43. The molecule has 0 radical (unpaired) electrons. The number of carbonyl (C=O) groups is 1. The standard InChI is InChI=1S/C15H17N3O2/c1-3-20-14-8-6-12(7-9-14)17-15(19)18-13-5-4-11(2)16-10-13/h4-10H,3H2,1-2H3,(H2,17,18,19). The SMILES string of the molecule is CCOc1ccc(NC(=O)Nc2ccc(C)nc2)cc1. The molecular formula is C15H17N3O2. The number of carbonyl (C=O) groups excluding carboxylic acids is 1. The maximum atomic E-state index is 11.8. The van der Waals surface area contributed by atoms with Gasteiger partial charge in [0.15, 0.2) is 0 Å². The van der Waals surface area contributed by atoms with Crippen LogP contribution in [0.3, 0.4) is 0 Å². The number of pyridine rings is 1. The van der Waals surface area contributed by atoms with Gasteiger partial charge >= 0.3 is 6.03 Å². The Balaban J connectivity index is 1.92. The zero-order valence-corrected chi connectivity index (χ0v) is 11.5. The van der Waals surface area contributed by atoms with Crippen LogP contribution in [0.4, 0.5) is 16.2 Å². The Kier molecular flexibility index (Phi) is 4.55. The first-order chi connectivity index (χ1) is 9.67. The van der Waals surface area contributed by atoms with Gasteiger partial charge in [0.1, 0.15) is 5.75 Å². The molecule has 20 heavy (non-hydrogen) atoms. The molecule has 2 rings (SSSR count). The first-order valence-corrected chi connectivity index (χ1v) is 6.41. The third-order valence-electron chi connectivity index (χ3n) is 2.59. The molecule has 2 N–H and O–H groups in total. The number of anilines is 2. The van der Waals surface area contributed by atoms with Crippen molar-refractivity contribution in [1.82, 2.24) is 4.98 Å². The van der Waals surface area contributed by atoms with Crippen molar-refractivity contribution in [3.63, 3.8) is 0 Å². The second kappa shape index (κ2) is 6.56. The summed E-state index contributed by atoms with van der Waals surface area (Å²) in [5.41, 5.74) is 2.26. The van der Waals surface area contributed by atoms with Crippen molar-refractivity contribution in [3.05, 3.63) is 48.3 Å². The van der Waals surface area contributed by atoms with Gasteiger partial charge in [-0.1, -0.05) is 0 Å². The second-order valence-electron chi connectivity index (χ2n) is 4.22. The van der Waals surface area contributed by atoms with E-state index in [1.807, 2.05) is 32.0 Å².